The van der Waals surface area contributed by atoms with Gasteiger partial charge in [-0.25, -0.2) is 4.98 Å². The highest BCUT2D eigenvalue weighted by atomic mass is 16.5. The maximum atomic E-state index is 13.2. The van der Waals surface area contributed by atoms with Crippen molar-refractivity contribution in [2.45, 2.75) is 51.0 Å². The van der Waals surface area contributed by atoms with Gasteiger partial charge >= 0.3 is 0 Å². The molecule has 0 unspecified atom stereocenters. The Morgan fingerprint density at radius 1 is 1.16 bits per heavy atom. The molecule has 1 atom stereocenters. The average molecular weight is 420 g/mol. The maximum absolute atomic E-state index is 13.2. The SMILES string of the molecule is O=C(CCCN1C(=O)[C@H](c2ccccc2)Oc2cccnc21)NCCC1=CCCCC1. The summed E-state index contributed by atoms with van der Waals surface area (Å²) in [6.07, 6.45) is 10.00. The van der Waals surface area contributed by atoms with Crippen molar-refractivity contribution in [1.29, 1.82) is 0 Å². The van der Waals surface area contributed by atoms with Crippen LogP contribution in [0.1, 0.15) is 56.6 Å². The molecule has 0 bridgehead atoms. The van der Waals surface area contributed by atoms with Gasteiger partial charge in [-0.1, -0.05) is 42.0 Å². The van der Waals surface area contributed by atoms with Crippen LogP contribution < -0.4 is 15.0 Å². The standard InChI is InChI=1S/C25H29N3O3/c29-22(26-17-15-19-9-3-1-4-10-19)14-8-18-28-24-21(13-7-16-27-24)31-23(25(28)30)20-11-5-2-6-12-20/h2,5-7,9,11-13,16,23H,1,3-4,8,10,14-15,17-18H2,(H,26,29)/t23-/m0/s1. The quantitative estimate of drug-likeness (QED) is 0.647. The second-order valence-electron chi connectivity index (χ2n) is 8.04. The van der Waals surface area contributed by atoms with Gasteiger partial charge in [0.1, 0.15) is 0 Å². The van der Waals surface area contributed by atoms with Gasteiger partial charge in [0.05, 0.1) is 0 Å². The van der Waals surface area contributed by atoms with Crippen LogP contribution in [0.3, 0.4) is 0 Å². The highest BCUT2D eigenvalue weighted by Gasteiger charge is 2.36. The third kappa shape index (κ3) is 5.32. The molecule has 1 aliphatic heterocycles. The normalized spacial score (nSPS) is 18.1. The second-order valence-corrected chi connectivity index (χ2v) is 8.04. The zero-order valence-corrected chi connectivity index (χ0v) is 17.8. The number of anilines is 1. The van der Waals surface area contributed by atoms with E-state index in [9.17, 15) is 9.59 Å². The highest BCUT2D eigenvalue weighted by molar-refractivity contribution is 5.99. The molecule has 31 heavy (non-hydrogen) atoms. The van der Waals surface area contributed by atoms with Crippen LogP contribution in [0.5, 0.6) is 5.75 Å². The Morgan fingerprint density at radius 3 is 2.84 bits per heavy atom. The number of allylic oxidation sites excluding steroid dienone is 1. The molecule has 0 saturated carbocycles. The molecule has 0 fully saturated rings. The van der Waals surface area contributed by atoms with E-state index in [1.165, 1.54) is 18.4 Å². The number of rotatable bonds is 8. The fourth-order valence-corrected chi connectivity index (χ4v) is 4.14. The summed E-state index contributed by atoms with van der Waals surface area (Å²) in [5, 5.41) is 3.01. The third-order valence-corrected chi connectivity index (χ3v) is 5.78. The van der Waals surface area contributed by atoms with Crippen LogP contribution >= 0.6 is 0 Å². The van der Waals surface area contributed by atoms with Crippen molar-refractivity contribution in [3.63, 3.8) is 0 Å². The number of fused-ring (bicyclic) bond motifs is 1. The van der Waals surface area contributed by atoms with Crippen LogP contribution in [0.2, 0.25) is 0 Å². The first-order valence-electron chi connectivity index (χ1n) is 11.1. The Balaban J connectivity index is 1.33. The van der Waals surface area contributed by atoms with Crippen molar-refractivity contribution in [2.24, 2.45) is 0 Å². The van der Waals surface area contributed by atoms with E-state index in [1.807, 2.05) is 36.4 Å². The van der Waals surface area contributed by atoms with Gasteiger partial charge in [0, 0.05) is 31.3 Å². The zero-order chi connectivity index (χ0) is 21.5. The van der Waals surface area contributed by atoms with E-state index in [0.717, 1.165) is 24.8 Å². The smallest absolute Gasteiger partial charge is 0.274 e. The summed E-state index contributed by atoms with van der Waals surface area (Å²) in [7, 11) is 0. The summed E-state index contributed by atoms with van der Waals surface area (Å²) in [6.45, 7) is 1.11. The number of hydrogen-bond acceptors (Lipinski definition) is 4. The summed E-state index contributed by atoms with van der Waals surface area (Å²) >= 11 is 0. The summed E-state index contributed by atoms with van der Waals surface area (Å²) in [5.41, 5.74) is 2.27. The fourth-order valence-electron chi connectivity index (χ4n) is 4.14. The van der Waals surface area contributed by atoms with Crippen molar-refractivity contribution in [3.05, 3.63) is 65.9 Å². The third-order valence-electron chi connectivity index (χ3n) is 5.78. The van der Waals surface area contributed by atoms with Crippen LogP contribution in [0.25, 0.3) is 0 Å². The maximum Gasteiger partial charge on any atom is 0.274 e. The van der Waals surface area contributed by atoms with Crippen molar-refractivity contribution < 1.29 is 14.3 Å². The number of carbonyl (C=O) groups excluding carboxylic acids is 2. The number of hydrogen-bond donors (Lipinski definition) is 1. The van der Waals surface area contributed by atoms with E-state index in [-0.39, 0.29) is 11.8 Å². The number of pyridine rings is 1. The molecule has 2 aromatic rings. The topological polar surface area (TPSA) is 71.5 Å². The number of ether oxygens (including phenoxy) is 1. The summed E-state index contributed by atoms with van der Waals surface area (Å²) in [5.74, 6) is 0.977. The van der Waals surface area contributed by atoms with Crippen LogP contribution in [0.4, 0.5) is 5.82 Å². The monoisotopic (exact) mass is 419 g/mol. The molecular weight excluding hydrogens is 390 g/mol. The average Bonchev–Trinajstić information content (AvgIpc) is 2.81. The van der Waals surface area contributed by atoms with Crippen molar-refractivity contribution in [3.8, 4) is 5.75 Å². The lowest BCUT2D eigenvalue weighted by atomic mass is 9.97. The van der Waals surface area contributed by atoms with Crippen molar-refractivity contribution in [1.82, 2.24) is 10.3 Å². The molecule has 1 aromatic heterocycles. The number of carbonyl (C=O) groups is 2. The largest absolute Gasteiger partial charge is 0.472 e. The van der Waals surface area contributed by atoms with Gasteiger partial charge < -0.3 is 10.1 Å². The molecule has 1 N–H and O–H groups in total. The van der Waals surface area contributed by atoms with Gasteiger partial charge in [-0.05, 0) is 50.7 Å². The summed E-state index contributed by atoms with van der Waals surface area (Å²) in [6, 6.07) is 13.1. The van der Waals surface area contributed by atoms with Gasteiger partial charge in [0.25, 0.3) is 5.91 Å². The molecule has 1 aromatic carbocycles. The van der Waals surface area contributed by atoms with E-state index in [4.69, 9.17) is 4.74 Å². The molecule has 2 aliphatic rings. The Kier molecular flexibility index (Phi) is 6.97. The molecule has 0 radical (unpaired) electrons. The molecule has 1 aliphatic carbocycles. The first kappa shape index (κ1) is 21.1. The van der Waals surface area contributed by atoms with Crippen LogP contribution in [-0.2, 0) is 9.59 Å². The number of nitrogens with one attached hydrogen (secondary N) is 1. The fraction of sp³-hybridized carbons (Fsp3) is 0.400. The Hall–Kier alpha value is -3.15. The molecule has 0 saturated heterocycles. The molecule has 6 nitrogen and oxygen atoms in total. The summed E-state index contributed by atoms with van der Waals surface area (Å²) < 4.78 is 5.96. The molecular formula is C25H29N3O3. The zero-order valence-electron chi connectivity index (χ0n) is 17.8. The molecule has 0 spiro atoms. The Labute approximate surface area is 183 Å². The first-order valence-corrected chi connectivity index (χ1v) is 11.1. The van der Waals surface area contributed by atoms with Crippen LogP contribution in [0.15, 0.2) is 60.3 Å². The van der Waals surface area contributed by atoms with E-state index in [2.05, 4.69) is 16.4 Å². The molecule has 162 valence electrons. The lowest BCUT2D eigenvalue weighted by Gasteiger charge is -2.33. The van der Waals surface area contributed by atoms with Crippen LogP contribution in [-0.4, -0.2) is 29.9 Å². The lowest BCUT2D eigenvalue weighted by Crippen LogP contribution is -2.42. The van der Waals surface area contributed by atoms with Gasteiger partial charge in [-0.15, -0.1) is 0 Å². The first-order chi connectivity index (χ1) is 15.2. The number of benzene rings is 1. The number of amides is 2. The number of aromatic nitrogens is 1. The lowest BCUT2D eigenvalue weighted by molar-refractivity contribution is -0.127. The summed E-state index contributed by atoms with van der Waals surface area (Å²) in [4.78, 5) is 31.4. The second kappa shape index (κ2) is 10.2. The Bertz CT molecular complexity index is 942. The highest BCUT2D eigenvalue weighted by Crippen LogP contribution is 2.37. The van der Waals surface area contributed by atoms with Gasteiger partial charge in [-0.2, -0.15) is 0 Å². The van der Waals surface area contributed by atoms with E-state index in [0.29, 0.717) is 37.5 Å². The predicted octanol–water partition coefficient (Wildman–Crippen LogP) is 4.34. The molecule has 2 amide bonds. The predicted molar refractivity (Wildman–Crippen MR) is 120 cm³/mol. The van der Waals surface area contributed by atoms with Crippen molar-refractivity contribution >= 4 is 17.6 Å². The minimum atomic E-state index is -0.699. The number of nitrogens with zero attached hydrogens (tertiary/aromatic N) is 2. The molecule has 4 rings (SSSR count). The molecule has 2 heterocycles. The van der Waals surface area contributed by atoms with E-state index in [1.54, 1.807) is 17.2 Å². The Morgan fingerprint density at radius 2 is 2.03 bits per heavy atom. The van der Waals surface area contributed by atoms with Gasteiger partial charge in [0.15, 0.2) is 11.6 Å². The van der Waals surface area contributed by atoms with E-state index >= 15 is 0 Å². The van der Waals surface area contributed by atoms with E-state index < -0.39 is 6.10 Å². The van der Waals surface area contributed by atoms with Gasteiger partial charge in [0.2, 0.25) is 12.0 Å². The van der Waals surface area contributed by atoms with Gasteiger partial charge in [-0.3, -0.25) is 14.5 Å². The van der Waals surface area contributed by atoms with Crippen LogP contribution in [0, 0.1) is 0 Å². The van der Waals surface area contributed by atoms with Crippen molar-refractivity contribution in [2.75, 3.05) is 18.0 Å². The minimum Gasteiger partial charge on any atom is -0.472 e. The minimum absolute atomic E-state index is 0.0259. The molecule has 6 heteroatoms.